The molecule has 0 spiro atoms. The Morgan fingerprint density at radius 1 is 1.42 bits per heavy atom. The Labute approximate surface area is 115 Å². The molecule has 1 heterocycles. The van der Waals surface area contributed by atoms with E-state index in [0.717, 1.165) is 26.1 Å². The summed E-state index contributed by atoms with van der Waals surface area (Å²) in [7, 11) is 1.93. The highest BCUT2D eigenvalue weighted by atomic mass is 16.2. The zero-order chi connectivity index (χ0) is 13.8. The number of rotatable bonds is 5. The highest BCUT2D eigenvalue weighted by Crippen LogP contribution is 2.24. The topological polar surface area (TPSA) is 44.4 Å². The maximum atomic E-state index is 11.9. The second-order valence-corrected chi connectivity index (χ2v) is 5.27. The van der Waals surface area contributed by atoms with Gasteiger partial charge < -0.3 is 15.5 Å². The molecule has 2 amide bonds. The van der Waals surface area contributed by atoms with E-state index >= 15 is 0 Å². The number of nitrogens with zero attached hydrogens (tertiary/aromatic N) is 1. The Morgan fingerprint density at radius 2 is 2.21 bits per heavy atom. The van der Waals surface area contributed by atoms with E-state index in [1.54, 1.807) is 0 Å². The van der Waals surface area contributed by atoms with Gasteiger partial charge in [0.05, 0.1) is 6.04 Å². The van der Waals surface area contributed by atoms with Crippen molar-refractivity contribution in [3.63, 3.8) is 0 Å². The first-order valence-electron chi connectivity index (χ1n) is 6.89. The van der Waals surface area contributed by atoms with E-state index < -0.39 is 0 Å². The minimum Gasteiger partial charge on any atom is -0.329 e. The Hall–Kier alpha value is -1.55. The molecule has 1 aliphatic rings. The SMILES string of the molecule is CNCCCN1CC(c2cc(C)ccc2C)NC1=O. The van der Waals surface area contributed by atoms with Crippen molar-refractivity contribution in [3.8, 4) is 0 Å². The summed E-state index contributed by atoms with van der Waals surface area (Å²) >= 11 is 0. The molecule has 1 aliphatic heterocycles. The van der Waals surface area contributed by atoms with Crippen molar-refractivity contribution in [3.05, 3.63) is 34.9 Å². The lowest BCUT2D eigenvalue weighted by Crippen LogP contribution is -2.30. The zero-order valence-corrected chi connectivity index (χ0v) is 12.0. The molecule has 1 aromatic carbocycles. The fraction of sp³-hybridized carbons (Fsp3) is 0.533. The standard InChI is InChI=1S/C15H23N3O/c1-11-5-6-12(2)13(9-11)14-10-18(15(19)17-14)8-4-7-16-3/h5-6,9,14,16H,4,7-8,10H2,1-3H3,(H,17,19). The monoisotopic (exact) mass is 261 g/mol. The Morgan fingerprint density at radius 3 is 2.95 bits per heavy atom. The summed E-state index contributed by atoms with van der Waals surface area (Å²) in [5.41, 5.74) is 3.72. The predicted octanol–water partition coefficient (Wildman–Crippen LogP) is 1.98. The third kappa shape index (κ3) is 3.26. The van der Waals surface area contributed by atoms with Crippen LogP contribution in [0.15, 0.2) is 18.2 Å². The van der Waals surface area contributed by atoms with Gasteiger partial charge in [0.1, 0.15) is 0 Å². The summed E-state index contributed by atoms with van der Waals surface area (Å²) in [6, 6.07) is 6.60. The second kappa shape index (κ2) is 6.06. The van der Waals surface area contributed by atoms with Crippen molar-refractivity contribution < 1.29 is 4.79 Å². The average molecular weight is 261 g/mol. The Kier molecular flexibility index (Phi) is 4.43. The molecular formula is C15H23N3O. The molecular weight excluding hydrogens is 238 g/mol. The third-order valence-corrected chi connectivity index (χ3v) is 3.65. The molecule has 1 fully saturated rings. The van der Waals surface area contributed by atoms with Crippen molar-refractivity contribution in [1.82, 2.24) is 15.5 Å². The van der Waals surface area contributed by atoms with Crippen molar-refractivity contribution in [2.75, 3.05) is 26.7 Å². The van der Waals surface area contributed by atoms with Crippen LogP contribution in [0.25, 0.3) is 0 Å². The molecule has 2 N–H and O–H groups in total. The maximum absolute atomic E-state index is 11.9. The molecule has 19 heavy (non-hydrogen) atoms. The molecule has 0 aliphatic carbocycles. The highest BCUT2D eigenvalue weighted by molar-refractivity contribution is 5.77. The van der Waals surface area contributed by atoms with Crippen molar-refractivity contribution >= 4 is 6.03 Å². The number of aryl methyl sites for hydroxylation is 2. The Balaban J connectivity index is 2.03. The summed E-state index contributed by atoms with van der Waals surface area (Å²) in [5.74, 6) is 0. The van der Waals surface area contributed by atoms with Crippen LogP contribution in [-0.2, 0) is 0 Å². The molecule has 1 atom stereocenters. The van der Waals surface area contributed by atoms with Crippen LogP contribution in [0.1, 0.15) is 29.2 Å². The lowest BCUT2D eigenvalue weighted by Gasteiger charge is -2.16. The van der Waals surface area contributed by atoms with E-state index in [4.69, 9.17) is 0 Å². The van der Waals surface area contributed by atoms with Crippen LogP contribution < -0.4 is 10.6 Å². The lowest BCUT2D eigenvalue weighted by molar-refractivity contribution is 0.217. The van der Waals surface area contributed by atoms with Crippen LogP contribution in [0.2, 0.25) is 0 Å². The molecule has 4 nitrogen and oxygen atoms in total. The summed E-state index contributed by atoms with van der Waals surface area (Å²) in [5, 5.41) is 6.19. The van der Waals surface area contributed by atoms with Gasteiger partial charge >= 0.3 is 6.03 Å². The van der Waals surface area contributed by atoms with Crippen LogP contribution in [-0.4, -0.2) is 37.6 Å². The smallest absolute Gasteiger partial charge is 0.318 e. The zero-order valence-electron chi connectivity index (χ0n) is 12.0. The van der Waals surface area contributed by atoms with Gasteiger partial charge in [-0.25, -0.2) is 4.79 Å². The molecule has 104 valence electrons. The quantitative estimate of drug-likeness (QED) is 0.796. The molecule has 2 rings (SSSR count). The number of hydrogen-bond acceptors (Lipinski definition) is 2. The first kappa shape index (κ1) is 13.9. The van der Waals surface area contributed by atoms with E-state index in [-0.39, 0.29) is 12.1 Å². The second-order valence-electron chi connectivity index (χ2n) is 5.27. The first-order chi connectivity index (χ1) is 9.11. The number of nitrogens with one attached hydrogen (secondary N) is 2. The summed E-state index contributed by atoms with van der Waals surface area (Å²) < 4.78 is 0. The van der Waals surface area contributed by atoms with Gasteiger partial charge in [-0.3, -0.25) is 0 Å². The van der Waals surface area contributed by atoms with E-state index in [2.05, 4.69) is 42.7 Å². The summed E-state index contributed by atoms with van der Waals surface area (Å²) in [6.45, 7) is 6.72. The first-order valence-corrected chi connectivity index (χ1v) is 6.89. The maximum Gasteiger partial charge on any atom is 0.318 e. The molecule has 4 heteroatoms. The minimum atomic E-state index is 0.0574. The van der Waals surface area contributed by atoms with Crippen LogP contribution in [0.4, 0.5) is 4.79 Å². The van der Waals surface area contributed by atoms with Crippen LogP contribution in [0.3, 0.4) is 0 Å². The van der Waals surface area contributed by atoms with Gasteiger partial charge in [-0.2, -0.15) is 0 Å². The van der Waals surface area contributed by atoms with Crippen molar-refractivity contribution in [2.45, 2.75) is 26.3 Å². The summed E-state index contributed by atoms with van der Waals surface area (Å²) in [4.78, 5) is 13.8. The number of carbonyl (C=O) groups is 1. The molecule has 1 saturated heterocycles. The average Bonchev–Trinajstić information content (AvgIpc) is 2.74. The molecule has 1 unspecified atom stereocenters. The molecule has 0 bridgehead atoms. The predicted molar refractivity (Wildman–Crippen MR) is 77.3 cm³/mol. The Bertz CT molecular complexity index is 459. The van der Waals surface area contributed by atoms with Gasteiger partial charge in [0, 0.05) is 13.1 Å². The lowest BCUT2D eigenvalue weighted by atomic mass is 9.99. The largest absolute Gasteiger partial charge is 0.329 e. The van der Waals surface area contributed by atoms with E-state index in [0.29, 0.717) is 0 Å². The number of benzene rings is 1. The highest BCUT2D eigenvalue weighted by Gasteiger charge is 2.29. The number of urea groups is 1. The molecule has 1 aromatic rings. The number of amides is 2. The van der Waals surface area contributed by atoms with Gasteiger partial charge in [0.2, 0.25) is 0 Å². The summed E-state index contributed by atoms with van der Waals surface area (Å²) in [6.07, 6.45) is 0.990. The van der Waals surface area contributed by atoms with Crippen molar-refractivity contribution in [2.24, 2.45) is 0 Å². The van der Waals surface area contributed by atoms with Crippen LogP contribution in [0.5, 0.6) is 0 Å². The fourth-order valence-electron chi connectivity index (χ4n) is 2.54. The van der Waals surface area contributed by atoms with Gasteiger partial charge in [-0.1, -0.05) is 23.8 Å². The van der Waals surface area contributed by atoms with Gasteiger partial charge in [0.25, 0.3) is 0 Å². The van der Waals surface area contributed by atoms with Gasteiger partial charge in [-0.15, -0.1) is 0 Å². The van der Waals surface area contributed by atoms with Crippen molar-refractivity contribution in [1.29, 1.82) is 0 Å². The molecule has 0 saturated carbocycles. The van der Waals surface area contributed by atoms with E-state index in [9.17, 15) is 4.79 Å². The number of carbonyl (C=O) groups excluding carboxylic acids is 1. The minimum absolute atomic E-state index is 0.0574. The fourth-order valence-corrected chi connectivity index (χ4v) is 2.54. The van der Waals surface area contributed by atoms with E-state index in [1.807, 2.05) is 11.9 Å². The molecule has 0 aromatic heterocycles. The number of hydrogen-bond donors (Lipinski definition) is 2. The molecule has 0 radical (unpaired) electrons. The van der Waals surface area contributed by atoms with Crippen LogP contribution in [0, 0.1) is 13.8 Å². The normalized spacial score (nSPS) is 18.8. The van der Waals surface area contributed by atoms with Crippen LogP contribution >= 0.6 is 0 Å². The third-order valence-electron chi connectivity index (χ3n) is 3.65. The van der Waals surface area contributed by atoms with Gasteiger partial charge in [0.15, 0.2) is 0 Å². The van der Waals surface area contributed by atoms with E-state index in [1.165, 1.54) is 16.7 Å². The van der Waals surface area contributed by atoms with Gasteiger partial charge in [-0.05, 0) is 45.0 Å².